The van der Waals surface area contributed by atoms with Gasteiger partial charge in [-0.1, -0.05) is 30.3 Å². The number of rotatable bonds is 14. The van der Waals surface area contributed by atoms with Gasteiger partial charge in [-0.05, 0) is 24.8 Å². The Hall–Kier alpha value is -2.89. The number of fused-ring (bicyclic) bond motifs is 2. The van der Waals surface area contributed by atoms with Gasteiger partial charge in [0, 0.05) is 6.54 Å². The molecule has 2 saturated heterocycles. The van der Waals surface area contributed by atoms with Gasteiger partial charge in [-0.15, -0.1) is 0 Å². The van der Waals surface area contributed by atoms with E-state index in [1.54, 1.807) is 0 Å². The number of aryl methyl sites for hydroxylation is 2. The van der Waals surface area contributed by atoms with Crippen LogP contribution in [0.15, 0.2) is 54.6 Å². The van der Waals surface area contributed by atoms with Crippen molar-refractivity contribution in [3.8, 4) is 0 Å². The summed E-state index contributed by atoms with van der Waals surface area (Å²) in [6.45, 7) is 4.41. The van der Waals surface area contributed by atoms with E-state index < -0.39 is 5.54 Å². The number of benzene rings is 2. The van der Waals surface area contributed by atoms with Crippen LogP contribution in [0, 0.1) is 11.8 Å². The van der Waals surface area contributed by atoms with E-state index in [0.717, 1.165) is 76.4 Å². The van der Waals surface area contributed by atoms with Crippen molar-refractivity contribution in [2.45, 2.75) is 109 Å². The number of hydrogen-bond acceptors (Lipinski definition) is 3. The molecule has 3 atom stereocenters. The number of nitrogens with zero attached hydrogens (tertiary/aromatic N) is 2. The van der Waals surface area contributed by atoms with Gasteiger partial charge in [-0.2, -0.15) is 0 Å². The fourth-order valence-electron chi connectivity index (χ4n) is 7.59. The SMILES string of the molecule is [B]=C1N(Cc2ccc(CCCC(=O)NCCCCc3ccccc3)cc2)C(=O)C2(CCCC)CC3CCCCC3CN12. The Kier molecular flexibility index (Phi) is 10.6. The summed E-state index contributed by atoms with van der Waals surface area (Å²) >= 11 is 0. The molecule has 3 unspecified atom stereocenters. The Morgan fingerprint density at radius 2 is 1.60 bits per heavy atom. The summed E-state index contributed by atoms with van der Waals surface area (Å²) in [5.41, 5.74) is 3.90. The third-order valence-corrected chi connectivity index (χ3v) is 10.0. The normalized spacial score (nSPS) is 23.5. The summed E-state index contributed by atoms with van der Waals surface area (Å²) in [6, 6.07) is 19.0. The van der Waals surface area contributed by atoms with Gasteiger partial charge in [0.1, 0.15) is 0 Å². The van der Waals surface area contributed by atoms with Crippen LogP contribution in [0.4, 0.5) is 0 Å². The Bertz CT molecular complexity index is 1200. The maximum absolute atomic E-state index is 14.1. The third-order valence-electron chi connectivity index (χ3n) is 10.0. The van der Waals surface area contributed by atoms with Gasteiger partial charge in [0.2, 0.25) is 0 Å². The summed E-state index contributed by atoms with van der Waals surface area (Å²) < 4.78 is 0. The van der Waals surface area contributed by atoms with Gasteiger partial charge < -0.3 is 0 Å². The Balaban J connectivity index is 1.07. The molecule has 2 aromatic carbocycles. The fraction of sp³-hybridized carbons (Fsp3) is 0.583. The van der Waals surface area contributed by atoms with Gasteiger partial charge in [0.25, 0.3) is 0 Å². The van der Waals surface area contributed by atoms with Crippen LogP contribution in [0.25, 0.3) is 0 Å². The number of piperidine rings is 1. The minimum absolute atomic E-state index is 0.137. The molecule has 0 bridgehead atoms. The van der Waals surface area contributed by atoms with Crippen LogP contribution in [-0.4, -0.2) is 53.4 Å². The summed E-state index contributed by atoms with van der Waals surface area (Å²) in [5, 5.41) is 3.07. The van der Waals surface area contributed by atoms with E-state index in [-0.39, 0.29) is 11.8 Å². The van der Waals surface area contributed by atoms with Gasteiger partial charge in [0.05, 0.1) is 0 Å². The Morgan fingerprint density at radius 1 is 0.905 bits per heavy atom. The van der Waals surface area contributed by atoms with E-state index in [2.05, 4.69) is 65.7 Å². The van der Waals surface area contributed by atoms with Crippen molar-refractivity contribution in [3.63, 3.8) is 0 Å². The molecule has 1 radical (unpaired) electrons. The monoisotopic (exact) mass is 566 g/mol. The van der Waals surface area contributed by atoms with Gasteiger partial charge >= 0.3 is 193 Å². The molecule has 1 saturated carbocycles. The van der Waals surface area contributed by atoms with E-state index in [0.29, 0.717) is 30.5 Å². The quantitative estimate of drug-likeness (QED) is 0.219. The van der Waals surface area contributed by atoms with Crippen molar-refractivity contribution >= 4 is 25.0 Å². The molecule has 223 valence electrons. The number of nitrogens with one attached hydrogen (secondary N) is 1. The molecular weight excluding hydrogens is 517 g/mol. The molecular formula is C36H49BN3O2. The molecule has 3 fully saturated rings. The maximum atomic E-state index is 14.1. The van der Waals surface area contributed by atoms with E-state index in [1.165, 1.54) is 36.8 Å². The molecule has 0 aromatic heterocycles. The van der Waals surface area contributed by atoms with Crippen molar-refractivity contribution in [2.24, 2.45) is 11.8 Å². The predicted molar refractivity (Wildman–Crippen MR) is 172 cm³/mol. The van der Waals surface area contributed by atoms with Gasteiger partial charge in [-0.25, -0.2) is 0 Å². The van der Waals surface area contributed by atoms with Crippen molar-refractivity contribution in [2.75, 3.05) is 13.1 Å². The van der Waals surface area contributed by atoms with Crippen LogP contribution in [0.1, 0.15) is 101 Å². The first-order valence-corrected chi connectivity index (χ1v) is 16.6. The number of amides is 2. The molecule has 1 aliphatic carbocycles. The van der Waals surface area contributed by atoms with Crippen LogP contribution >= 0.6 is 0 Å². The summed E-state index contributed by atoms with van der Waals surface area (Å²) in [5.74, 6) is 1.68. The van der Waals surface area contributed by atoms with E-state index in [4.69, 9.17) is 7.49 Å². The van der Waals surface area contributed by atoms with Crippen molar-refractivity contribution < 1.29 is 9.59 Å². The second-order valence-corrected chi connectivity index (χ2v) is 13.0. The molecule has 0 spiro atoms. The van der Waals surface area contributed by atoms with Crippen LogP contribution in [-0.2, 0) is 29.0 Å². The van der Waals surface area contributed by atoms with Crippen molar-refractivity contribution in [3.05, 3.63) is 71.3 Å². The van der Waals surface area contributed by atoms with Crippen LogP contribution < -0.4 is 5.32 Å². The molecule has 3 aliphatic rings. The van der Waals surface area contributed by atoms with Crippen LogP contribution in [0.3, 0.4) is 0 Å². The molecule has 42 heavy (non-hydrogen) atoms. The summed E-state index contributed by atoms with van der Waals surface area (Å²) in [7, 11) is 6.76. The second kappa shape index (κ2) is 14.5. The number of carbonyl (C=O) groups is 2. The molecule has 6 heteroatoms. The van der Waals surface area contributed by atoms with E-state index in [1.807, 2.05) is 11.0 Å². The summed E-state index contributed by atoms with van der Waals surface area (Å²) in [6.07, 6.45) is 14.6. The molecule has 5 nitrogen and oxygen atoms in total. The van der Waals surface area contributed by atoms with E-state index in [9.17, 15) is 9.59 Å². The molecule has 2 heterocycles. The molecule has 2 aliphatic heterocycles. The van der Waals surface area contributed by atoms with Crippen molar-refractivity contribution in [1.82, 2.24) is 15.1 Å². The predicted octanol–water partition coefficient (Wildman–Crippen LogP) is 6.19. The Morgan fingerprint density at radius 3 is 2.36 bits per heavy atom. The second-order valence-electron chi connectivity index (χ2n) is 13.0. The topological polar surface area (TPSA) is 52.7 Å². The number of carbonyl (C=O) groups excluding carboxylic acids is 2. The number of unbranched alkanes of at least 4 members (excludes halogenated alkanes) is 2. The average molecular weight is 567 g/mol. The summed E-state index contributed by atoms with van der Waals surface area (Å²) in [4.78, 5) is 30.5. The zero-order chi connectivity index (χ0) is 29.4. The first-order chi connectivity index (χ1) is 20.5. The average Bonchev–Trinajstić information content (AvgIpc) is 3.21. The molecule has 2 amide bonds. The van der Waals surface area contributed by atoms with Gasteiger partial charge in [-0.3, -0.25) is 0 Å². The molecule has 2 aromatic rings. The third kappa shape index (κ3) is 7.18. The first kappa shape index (κ1) is 30.6. The van der Waals surface area contributed by atoms with Gasteiger partial charge in [0.15, 0.2) is 0 Å². The first-order valence-electron chi connectivity index (χ1n) is 16.6. The zero-order valence-electron chi connectivity index (χ0n) is 25.7. The van der Waals surface area contributed by atoms with Crippen molar-refractivity contribution in [1.29, 1.82) is 0 Å². The molecule has 1 N–H and O–H groups in total. The van der Waals surface area contributed by atoms with Crippen LogP contribution in [0.2, 0.25) is 0 Å². The zero-order valence-corrected chi connectivity index (χ0v) is 25.7. The van der Waals surface area contributed by atoms with Crippen LogP contribution in [0.5, 0.6) is 0 Å². The minimum atomic E-state index is -0.443. The molecule has 5 rings (SSSR count). The number of hydrogen-bond donors (Lipinski definition) is 1. The fourth-order valence-corrected chi connectivity index (χ4v) is 7.59. The Labute approximate surface area is 254 Å². The van der Waals surface area contributed by atoms with E-state index >= 15 is 0 Å². The standard InChI is InChI=1S/C36H49BN3O2/c1-2-3-23-36-25-31-16-7-8-17-32(31)27-40(36)35(37)39(34(36)42)26-30-21-19-29(20-22-30)15-11-18-33(41)38-24-10-9-14-28-12-5-4-6-13-28/h4-6,12-13,19-22,31-32H,2-3,7-11,14-18,23-27H2,1H3,(H,38,41).